The van der Waals surface area contributed by atoms with Gasteiger partial charge in [0.05, 0.1) is 5.25 Å². The number of benzene rings is 1. The van der Waals surface area contributed by atoms with Crippen LogP contribution >= 0.6 is 23.1 Å². The van der Waals surface area contributed by atoms with Crippen LogP contribution in [0.3, 0.4) is 0 Å². The quantitative estimate of drug-likeness (QED) is 0.473. The first kappa shape index (κ1) is 21.3. The maximum Gasteiger partial charge on any atom is 0.237 e. The average molecular weight is 471 g/mol. The Hall–Kier alpha value is -2.52. The van der Waals surface area contributed by atoms with Crippen LogP contribution in [0.25, 0.3) is 0 Å². The van der Waals surface area contributed by atoms with Gasteiger partial charge in [0.2, 0.25) is 12.7 Å². The van der Waals surface area contributed by atoms with Crippen LogP contribution in [-0.2, 0) is 11.2 Å². The van der Waals surface area contributed by atoms with E-state index in [0.717, 1.165) is 30.2 Å². The normalized spacial score (nSPS) is 16.8. The molecule has 1 unspecified atom stereocenters. The van der Waals surface area contributed by atoms with Crippen LogP contribution in [0.15, 0.2) is 40.9 Å². The molecule has 1 saturated carbocycles. The number of rotatable bonds is 7. The van der Waals surface area contributed by atoms with Crippen molar-refractivity contribution in [1.82, 2.24) is 14.8 Å². The first-order chi connectivity index (χ1) is 15.7. The fourth-order valence-electron chi connectivity index (χ4n) is 4.21. The van der Waals surface area contributed by atoms with Crippen LogP contribution in [0.4, 0.5) is 5.69 Å². The Balaban J connectivity index is 1.32. The first-order valence-electron chi connectivity index (χ1n) is 11.0. The highest BCUT2D eigenvalue weighted by Crippen LogP contribution is 2.36. The molecule has 2 aromatic heterocycles. The summed E-state index contributed by atoms with van der Waals surface area (Å²) >= 11 is 3.21. The van der Waals surface area contributed by atoms with Crippen molar-refractivity contribution in [3.05, 3.63) is 46.4 Å². The Morgan fingerprint density at radius 1 is 1.22 bits per heavy atom. The van der Waals surface area contributed by atoms with Crippen molar-refractivity contribution >= 4 is 34.7 Å². The summed E-state index contributed by atoms with van der Waals surface area (Å²) in [6.07, 6.45) is 6.80. The van der Waals surface area contributed by atoms with Crippen LogP contribution in [0.1, 0.15) is 55.8 Å². The molecule has 0 bridgehead atoms. The van der Waals surface area contributed by atoms with Crippen LogP contribution in [0, 0.1) is 0 Å². The number of thioether (sulfide) groups is 1. The van der Waals surface area contributed by atoms with Crippen molar-refractivity contribution in [3.63, 3.8) is 0 Å². The molecule has 1 N–H and O–H groups in total. The first-order valence-corrected chi connectivity index (χ1v) is 12.8. The van der Waals surface area contributed by atoms with Crippen LogP contribution in [-0.4, -0.2) is 32.7 Å². The third-order valence-electron chi connectivity index (χ3n) is 5.88. The molecular formula is C23H26N4O3S2. The zero-order valence-electron chi connectivity index (χ0n) is 18.0. The van der Waals surface area contributed by atoms with Gasteiger partial charge < -0.3 is 19.4 Å². The van der Waals surface area contributed by atoms with Gasteiger partial charge in [-0.05, 0) is 43.3 Å². The molecule has 9 heteroatoms. The fourth-order valence-corrected chi connectivity index (χ4v) is 5.85. The molecule has 3 aromatic rings. The monoisotopic (exact) mass is 470 g/mol. The number of aromatic nitrogens is 3. The second-order valence-corrected chi connectivity index (χ2v) is 10.5. The average Bonchev–Trinajstić information content (AvgIpc) is 3.56. The fraction of sp³-hybridized carbons (Fsp3) is 0.435. The molecule has 5 rings (SSSR count). The van der Waals surface area contributed by atoms with E-state index in [4.69, 9.17) is 9.47 Å². The summed E-state index contributed by atoms with van der Waals surface area (Å²) in [7, 11) is 0. The second kappa shape index (κ2) is 9.54. The van der Waals surface area contributed by atoms with E-state index in [1.165, 1.54) is 35.9 Å². The summed E-state index contributed by atoms with van der Waals surface area (Å²) in [5.74, 6) is 2.26. The van der Waals surface area contributed by atoms with E-state index in [1.54, 1.807) is 17.4 Å². The number of carbonyl (C=O) groups is 1. The molecule has 1 aromatic carbocycles. The highest BCUT2D eigenvalue weighted by Gasteiger charge is 2.26. The smallest absolute Gasteiger partial charge is 0.237 e. The minimum absolute atomic E-state index is 0.0770. The molecule has 3 heterocycles. The zero-order valence-corrected chi connectivity index (χ0v) is 19.6. The van der Waals surface area contributed by atoms with Gasteiger partial charge in [-0.1, -0.05) is 37.1 Å². The Kier molecular flexibility index (Phi) is 6.36. The number of thiophene rings is 1. The van der Waals surface area contributed by atoms with Gasteiger partial charge in [-0.2, -0.15) is 0 Å². The van der Waals surface area contributed by atoms with Gasteiger partial charge in [0.1, 0.15) is 5.82 Å². The van der Waals surface area contributed by atoms with Crippen molar-refractivity contribution in [1.29, 1.82) is 0 Å². The highest BCUT2D eigenvalue weighted by molar-refractivity contribution is 8.00. The lowest BCUT2D eigenvalue weighted by atomic mass is 9.95. The molecule has 0 radical (unpaired) electrons. The molecule has 1 aliphatic heterocycles. The molecule has 7 nitrogen and oxygen atoms in total. The van der Waals surface area contributed by atoms with E-state index >= 15 is 0 Å². The molecule has 168 valence electrons. The third kappa shape index (κ3) is 4.63. The summed E-state index contributed by atoms with van der Waals surface area (Å²) in [6, 6.07) is 10.0. The second-order valence-electron chi connectivity index (χ2n) is 8.13. The zero-order chi connectivity index (χ0) is 21.9. The van der Waals surface area contributed by atoms with Crippen molar-refractivity contribution in [2.75, 3.05) is 12.1 Å². The summed E-state index contributed by atoms with van der Waals surface area (Å²) < 4.78 is 13.0. The SMILES string of the molecule is CC(Sc1nnc(Cc2cccs2)n1C1CCCCC1)C(=O)Nc1ccc2c(c1)OCO2. The maximum absolute atomic E-state index is 12.9. The van der Waals surface area contributed by atoms with Crippen LogP contribution in [0.2, 0.25) is 0 Å². The lowest BCUT2D eigenvalue weighted by Gasteiger charge is -2.26. The predicted molar refractivity (Wildman–Crippen MR) is 126 cm³/mol. The number of nitrogens with one attached hydrogen (secondary N) is 1. The Morgan fingerprint density at radius 3 is 2.88 bits per heavy atom. The highest BCUT2D eigenvalue weighted by atomic mass is 32.2. The van der Waals surface area contributed by atoms with E-state index < -0.39 is 0 Å². The Bertz CT molecular complexity index is 1080. The standard InChI is InChI=1S/C23H26N4O3S2/c1-15(22(28)24-16-9-10-19-20(12-16)30-14-29-19)32-23-26-25-21(13-18-8-5-11-31-18)27(23)17-6-3-2-4-7-17/h5,8-12,15,17H,2-4,6-7,13-14H2,1H3,(H,24,28). The van der Waals surface area contributed by atoms with Crippen molar-refractivity contribution in [2.24, 2.45) is 0 Å². The molecule has 1 amide bonds. The third-order valence-corrected chi connectivity index (χ3v) is 7.81. The summed E-state index contributed by atoms with van der Waals surface area (Å²) in [4.78, 5) is 14.2. The number of carbonyl (C=O) groups excluding carboxylic acids is 1. The molecular weight excluding hydrogens is 444 g/mol. The largest absolute Gasteiger partial charge is 0.454 e. The molecule has 1 fully saturated rings. The van der Waals surface area contributed by atoms with E-state index in [0.29, 0.717) is 23.2 Å². The topological polar surface area (TPSA) is 78.3 Å². The van der Waals surface area contributed by atoms with Crippen LogP contribution < -0.4 is 14.8 Å². The van der Waals surface area contributed by atoms with E-state index in [-0.39, 0.29) is 18.0 Å². The Morgan fingerprint density at radius 2 is 2.06 bits per heavy atom. The predicted octanol–water partition coefficient (Wildman–Crippen LogP) is 5.28. The van der Waals surface area contributed by atoms with E-state index in [2.05, 4.69) is 37.6 Å². The molecule has 0 spiro atoms. The number of hydrogen-bond donors (Lipinski definition) is 1. The molecule has 0 saturated heterocycles. The molecule has 32 heavy (non-hydrogen) atoms. The minimum Gasteiger partial charge on any atom is -0.454 e. The summed E-state index contributed by atoms with van der Waals surface area (Å²) in [5, 5.41) is 14.6. The van der Waals surface area contributed by atoms with Gasteiger partial charge in [-0.3, -0.25) is 4.79 Å². The molecule has 1 aliphatic carbocycles. The number of fused-ring (bicyclic) bond motifs is 1. The lowest BCUT2D eigenvalue weighted by molar-refractivity contribution is -0.115. The lowest BCUT2D eigenvalue weighted by Crippen LogP contribution is -2.24. The number of anilines is 1. The minimum atomic E-state index is -0.318. The van der Waals surface area contributed by atoms with Gasteiger partial charge in [0.25, 0.3) is 0 Å². The van der Waals surface area contributed by atoms with Gasteiger partial charge in [-0.25, -0.2) is 0 Å². The molecule has 2 aliphatic rings. The van der Waals surface area contributed by atoms with Crippen molar-refractivity contribution in [2.45, 2.75) is 61.9 Å². The van der Waals surface area contributed by atoms with Gasteiger partial charge >= 0.3 is 0 Å². The Labute approximate surface area is 195 Å². The number of hydrogen-bond acceptors (Lipinski definition) is 7. The maximum atomic E-state index is 12.9. The van der Waals surface area contributed by atoms with E-state index in [1.807, 2.05) is 19.1 Å². The van der Waals surface area contributed by atoms with E-state index in [9.17, 15) is 4.79 Å². The summed E-state index contributed by atoms with van der Waals surface area (Å²) in [5.41, 5.74) is 0.693. The van der Waals surface area contributed by atoms with Crippen molar-refractivity contribution < 1.29 is 14.3 Å². The van der Waals surface area contributed by atoms with Crippen molar-refractivity contribution in [3.8, 4) is 11.5 Å². The van der Waals surface area contributed by atoms with Gasteiger partial charge in [-0.15, -0.1) is 21.5 Å². The van der Waals surface area contributed by atoms with Crippen LogP contribution in [0.5, 0.6) is 11.5 Å². The molecule has 1 atom stereocenters. The number of ether oxygens (including phenoxy) is 2. The number of amides is 1. The van der Waals surface area contributed by atoms with Gasteiger partial charge in [0, 0.05) is 29.1 Å². The summed E-state index contributed by atoms with van der Waals surface area (Å²) in [6.45, 7) is 2.12. The van der Waals surface area contributed by atoms with Gasteiger partial charge in [0.15, 0.2) is 16.7 Å². The number of nitrogens with zero attached hydrogens (tertiary/aromatic N) is 3.